The van der Waals surface area contributed by atoms with Crippen LogP contribution in [0, 0.1) is 0 Å². The Morgan fingerprint density at radius 3 is 2.06 bits per heavy atom. The molecule has 0 aromatic heterocycles. The van der Waals surface area contributed by atoms with Gasteiger partial charge in [0.15, 0.2) is 0 Å². The second kappa shape index (κ2) is 8.37. The van der Waals surface area contributed by atoms with E-state index >= 15 is 0 Å². The van der Waals surface area contributed by atoms with Gasteiger partial charge in [-0.05, 0) is 12.8 Å². The number of carbonyl (C=O) groups excluding carboxylic acids is 2. The predicted octanol–water partition coefficient (Wildman–Crippen LogP) is 0.185. The Kier molecular flexibility index (Phi) is 7.49. The number of ether oxygens (including phenoxy) is 1. The van der Waals surface area contributed by atoms with E-state index in [1.807, 2.05) is 0 Å². The summed E-state index contributed by atoms with van der Waals surface area (Å²) in [5, 5.41) is 8.05. The lowest BCUT2D eigenvalue weighted by atomic mass is 10.3. The van der Waals surface area contributed by atoms with Crippen LogP contribution >= 0.6 is 0 Å². The Morgan fingerprint density at radius 2 is 1.76 bits per heavy atom. The summed E-state index contributed by atoms with van der Waals surface area (Å²) >= 11 is 0. The van der Waals surface area contributed by atoms with E-state index in [0.717, 1.165) is 25.9 Å². The zero-order chi connectivity index (χ0) is 13.3. The molecule has 1 fully saturated rings. The molecule has 98 valence electrons. The largest absolute Gasteiger partial charge is 0.481 e. The van der Waals surface area contributed by atoms with Gasteiger partial charge in [-0.3, -0.25) is 9.59 Å². The number of hydrogen-bond acceptors (Lipinski definition) is 4. The van der Waals surface area contributed by atoms with Gasteiger partial charge in [0.2, 0.25) is 0 Å². The molecule has 2 amide bonds. The minimum atomic E-state index is -0.986. The van der Waals surface area contributed by atoms with Crippen LogP contribution < -0.4 is 5.73 Å². The maximum absolute atomic E-state index is 10.3. The molecule has 1 aliphatic heterocycles. The minimum Gasteiger partial charge on any atom is -0.481 e. The summed E-state index contributed by atoms with van der Waals surface area (Å²) in [5.41, 5.74) is 4.98. The fourth-order valence-electron chi connectivity index (χ4n) is 1.25. The molecule has 0 bridgehead atoms. The number of aliphatic carboxylic acids is 1. The van der Waals surface area contributed by atoms with E-state index in [-0.39, 0.29) is 18.9 Å². The Hall–Kier alpha value is -1.79. The summed E-state index contributed by atoms with van der Waals surface area (Å²) in [5.74, 6) is -1.47. The fourth-order valence-corrected chi connectivity index (χ4v) is 1.25. The predicted molar refractivity (Wildman–Crippen MR) is 59.3 cm³/mol. The molecule has 0 unspecified atom stereocenters. The molecule has 7 heteroatoms. The van der Waals surface area contributed by atoms with E-state index in [1.54, 1.807) is 4.90 Å². The highest BCUT2D eigenvalue weighted by Crippen LogP contribution is 2.05. The standard InChI is InChI=1S/C5H10N2O.C5H8O4/c6-5(8)7-3-1-2-4-7;1-9-5(8)3-2-4(6)7/h1-4H2,(H2,6,8);2-3H2,1H3,(H,6,7). The van der Waals surface area contributed by atoms with E-state index in [4.69, 9.17) is 10.8 Å². The number of carbonyl (C=O) groups is 3. The molecule has 1 heterocycles. The maximum atomic E-state index is 10.3. The summed E-state index contributed by atoms with van der Waals surface area (Å²) < 4.78 is 4.20. The minimum absolute atomic E-state index is 0.0498. The monoisotopic (exact) mass is 246 g/mol. The highest BCUT2D eigenvalue weighted by atomic mass is 16.5. The number of carboxylic acid groups (broad SMARTS) is 1. The van der Waals surface area contributed by atoms with Gasteiger partial charge in [0, 0.05) is 13.1 Å². The molecule has 7 nitrogen and oxygen atoms in total. The Labute approximate surface area is 99.5 Å². The number of amides is 2. The van der Waals surface area contributed by atoms with E-state index in [9.17, 15) is 14.4 Å². The third-order valence-electron chi connectivity index (χ3n) is 2.19. The van der Waals surface area contributed by atoms with Gasteiger partial charge < -0.3 is 20.5 Å². The van der Waals surface area contributed by atoms with Gasteiger partial charge >= 0.3 is 18.0 Å². The molecular formula is C10H18N2O5. The first-order valence-electron chi connectivity index (χ1n) is 5.30. The van der Waals surface area contributed by atoms with Gasteiger partial charge in [0.05, 0.1) is 20.0 Å². The second-order valence-electron chi connectivity index (χ2n) is 3.50. The molecule has 0 spiro atoms. The van der Waals surface area contributed by atoms with Crippen molar-refractivity contribution in [3.8, 4) is 0 Å². The molecule has 17 heavy (non-hydrogen) atoms. The van der Waals surface area contributed by atoms with Gasteiger partial charge in [-0.15, -0.1) is 0 Å². The average Bonchev–Trinajstić information content (AvgIpc) is 2.80. The first kappa shape index (κ1) is 15.2. The van der Waals surface area contributed by atoms with Crippen molar-refractivity contribution in [2.75, 3.05) is 20.2 Å². The average molecular weight is 246 g/mol. The first-order chi connectivity index (χ1) is 7.97. The Balaban J connectivity index is 0.000000302. The van der Waals surface area contributed by atoms with Crippen LogP contribution in [0.15, 0.2) is 0 Å². The molecule has 0 atom stereocenters. The second-order valence-corrected chi connectivity index (χ2v) is 3.50. The lowest BCUT2D eigenvalue weighted by Crippen LogP contribution is -2.32. The number of methoxy groups -OCH3 is 1. The highest BCUT2D eigenvalue weighted by Gasteiger charge is 2.13. The van der Waals surface area contributed by atoms with Crippen molar-refractivity contribution < 1.29 is 24.2 Å². The molecule has 0 radical (unpaired) electrons. The van der Waals surface area contributed by atoms with Crippen LogP contribution in [0.3, 0.4) is 0 Å². The lowest BCUT2D eigenvalue weighted by Gasteiger charge is -2.09. The smallest absolute Gasteiger partial charge is 0.314 e. The van der Waals surface area contributed by atoms with Crippen molar-refractivity contribution in [2.45, 2.75) is 25.7 Å². The van der Waals surface area contributed by atoms with Crippen LogP contribution in [-0.4, -0.2) is 48.2 Å². The number of likely N-dealkylation sites (tertiary alicyclic amines) is 1. The van der Waals surface area contributed by atoms with Gasteiger partial charge in [-0.25, -0.2) is 4.79 Å². The first-order valence-corrected chi connectivity index (χ1v) is 5.30. The van der Waals surface area contributed by atoms with Crippen molar-refractivity contribution >= 4 is 18.0 Å². The molecule has 0 aliphatic carbocycles. The number of urea groups is 1. The number of esters is 1. The number of nitrogens with two attached hydrogens (primary N) is 1. The summed E-state index contributed by atoms with van der Waals surface area (Å²) in [4.78, 5) is 32.1. The quantitative estimate of drug-likeness (QED) is 0.690. The van der Waals surface area contributed by atoms with Crippen LogP contribution in [-0.2, 0) is 14.3 Å². The SMILES string of the molecule is COC(=O)CCC(=O)O.NC(=O)N1CCCC1. The third kappa shape index (κ3) is 8.06. The summed E-state index contributed by atoms with van der Waals surface area (Å²) in [7, 11) is 1.23. The van der Waals surface area contributed by atoms with E-state index < -0.39 is 11.9 Å². The molecule has 3 N–H and O–H groups in total. The molecule has 0 aromatic rings. The van der Waals surface area contributed by atoms with Crippen molar-refractivity contribution in [1.82, 2.24) is 4.90 Å². The summed E-state index contributed by atoms with van der Waals surface area (Å²) in [6.07, 6.45) is 2.02. The zero-order valence-electron chi connectivity index (χ0n) is 9.85. The number of hydrogen-bond donors (Lipinski definition) is 2. The molecule has 0 aromatic carbocycles. The molecule has 1 aliphatic rings. The number of nitrogens with zero attached hydrogens (tertiary/aromatic N) is 1. The van der Waals surface area contributed by atoms with Crippen LogP contribution in [0.2, 0.25) is 0 Å². The zero-order valence-corrected chi connectivity index (χ0v) is 9.85. The fraction of sp³-hybridized carbons (Fsp3) is 0.700. The molecule has 0 saturated carbocycles. The summed E-state index contributed by atoms with van der Waals surface area (Å²) in [6, 6.07) is -0.275. The summed E-state index contributed by atoms with van der Waals surface area (Å²) in [6.45, 7) is 1.71. The number of rotatable bonds is 3. The van der Waals surface area contributed by atoms with Gasteiger partial charge in [-0.1, -0.05) is 0 Å². The molecule has 1 rings (SSSR count). The van der Waals surface area contributed by atoms with E-state index in [2.05, 4.69) is 4.74 Å². The van der Waals surface area contributed by atoms with Crippen LogP contribution in [0.4, 0.5) is 4.79 Å². The van der Waals surface area contributed by atoms with E-state index in [0.29, 0.717) is 0 Å². The Morgan fingerprint density at radius 1 is 1.24 bits per heavy atom. The van der Waals surface area contributed by atoms with Crippen LogP contribution in [0.5, 0.6) is 0 Å². The van der Waals surface area contributed by atoms with Gasteiger partial charge in [-0.2, -0.15) is 0 Å². The van der Waals surface area contributed by atoms with E-state index in [1.165, 1.54) is 7.11 Å². The van der Waals surface area contributed by atoms with Gasteiger partial charge in [0.25, 0.3) is 0 Å². The molecule has 1 saturated heterocycles. The Bertz CT molecular complexity index is 274. The van der Waals surface area contributed by atoms with Gasteiger partial charge in [0.1, 0.15) is 0 Å². The number of primary amides is 1. The third-order valence-corrected chi connectivity index (χ3v) is 2.19. The van der Waals surface area contributed by atoms with Crippen LogP contribution in [0.25, 0.3) is 0 Å². The van der Waals surface area contributed by atoms with Crippen LogP contribution in [0.1, 0.15) is 25.7 Å². The van der Waals surface area contributed by atoms with Crippen molar-refractivity contribution in [1.29, 1.82) is 0 Å². The topological polar surface area (TPSA) is 110 Å². The normalized spacial score (nSPS) is 13.6. The lowest BCUT2D eigenvalue weighted by molar-refractivity contribution is -0.145. The number of carboxylic acids is 1. The van der Waals surface area contributed by atoms with Crippen molar-refractivity contribution in [2.24, 2.45) is 5.73 Å². The maximum Gasteiger partial charge on any atom is 0.314 e. The molecular weight excluding hydrogens is 228 g/mol. The van der Waals surface area contributed by atoms with Crippen molar-refractivity contribution in [3.05, 3.63) is 0 Å². The van der Waals surface area contributed by atoms with Crippen molar-refractivity contribution in [3.63, 3.8) is 0 Å². The highest BCUT2D eigenvalue weighted by molar-refractivity contribution is 5.76.